The molecular formula is C18H23NO3S2. The summed E-state index contributed by atoms with van der Waals surface area (Å²) in [5.74, 6) is 0.956. The quantitative estimate of drug-likeness (QED) is 0.685. The number of methoxy groups -OCH3 is 1. The molecular weight excluding hydrogens is 342 g/mol. The van der Waals surface area contributed by atoms with Gasteiger partial charge >= 0.3 is 0 Å². The zero-order valence-electron chi connectivity index (χ0n) is 13.8. The fourth-order valence-corrected chi connectivity index (χ4v) is 5.20. The van der Waals surface area contributed by atoms with E-state index in [4.69, 9.17) is 4.74 Å². The first-order valence-corrected chi connectivity index (χ1v) is 10.7. The lowest BCUT2D eigenvalue weighted by Gasteiger charge is -2.21. The van der Waals surface area contributed by atoms with Crippen molar-refractivity contribution >= 4 is 21.4 Å². The van der Waals surface area contributed by atoms with Gasteiger partial charge < -0.3 is 4.74 Å². The van der Waals surface area contributed by atoms with Crippen LogP contribution in [0, 0.1) is 0 Å². The highest BCUT2D eigenvalue weighted by atomic mass is 32.2. The number of aryl methyl sites for hydroxylation is 1. The van der Waals surface area contributed by atoms with Crippen LogP contribution in [0.15, 0.2) is 41.8 Å². The maximum absolute atomic E-state index is 12.8. The van der Waals surface area contributed by atoms with Gasteiger partial charge in [-0.25, -0.2) is 8.42 Å². The molecule has 1 fully saturated rings. The van der Waals surface area contributed by atoms with E-state index < -0.39 is 10.0 Å². The molecule has 4 nitrogen and oxygen atoms in total. The van der Waals surface area contributed by atoms with Gasteiger partial charge in [0.1, 0.15) is 5.75 Å². The molecule has 2 aromatic rings. The molecule has 0 atom stereocenters. The van der Waals surface area contributed by atoms with E-state index >= 15 is 0 Å². The summed E-state index contributed by atoms with van der Waals surface area (Å²) in [5.41, 5.74) is 1.02. The summed E-state index contributed by atoms with van der Waals surface area (Å²) in [5, 5.41) is 2.04. The Labute approximate surface area is 148 Å². The average molecular weight is 366 g/mol. The van der Waals surface area contributed by atoms with Gasteiger partial charge in [-0.05, 0) is 54.8 Å². The van der Waals surface area contributed by atoms with Crippen molar-refractivity contribution in [2.24, 2.45) is 0 Å². The molecule has 0 aliphatic heterocycles. The molecule has 1 heterocycles. The Morgan fingerprint density at radius 2 is 1.92 bits per heavy atom. The summed E-state index contributed by atoms with van der Waals surface area (Å²) in [6.07, 6.45) is 3.32. The summed E-state index contributed by atoms with van der Waals surface area (Å²) in [6, 6.07) is 11.9. The van der Waals surface area contributed by atoms with Crippen LogP contribution in [-0.4, -0.2) is 38.2 Å². The van der Waals surface area contributed by atoms with E-state index in [1.54, 1.807) is 22.8 Å². The smallest absolute Gasteiger partial charge is 0.214 e. The van der Waals surface area contributed by atoms with Crippen molar-refractivity contribution in [3.63, 3.8) is 0 Å². The molecule has 6 heteroatoms. The molecule has 1 aromatic carbocycles. The molecule has 0 spiro atoms. The first-order valence-electron chi connectivity index (χ1n) is 8.23. The number of thiophene rings is 1. The number of hydrogen-bond donors (Lipinski definition) is 0. The van der Waals surface area contributed by atoms with Crippen LogP contribution in [0.3, 0.4) is 0 Å². The van der Waals surface area contributed by atoms with Crippen LogP contribution in [0.2, 0.25) is 0 Å². The van der Waals surface area contributed by atoms with Crippen molar-refractivity contribution in [3.05, 3.63) is 52.2 Å². The number of benzene rings is 1. The summed E-state index contributed by atoms with van der Waals surface area (Å²) in [6.45, 7) is 0.593. The number of hydrogen-bond acceptors (Lipinski definition) is 4. The second kappa shape index (κ2) is 7.68. The van der Waals surface area contributed by atoms with E-state index in [1.807, 2.05) is 35.7 Å². The first kappa shape index (κ1) is 17.5. The van der Waals surface area contributed by atoms with Gasteiger partial charge in [0.15, 0.2) is 0 Å². The molecule has 130 valence electrons. The molecule has 0 unspecified atom stereocenters. The maximum atomic E-state index is 12.8. The summed E-state index contributed by atoms with van der Waals surface area (Å²) >= 11 is 1.69. The third kappa shape index (κ3) is 4.59. The highest BCUT2D eigenvalue weighted by Gasteiger charge is 2.36. The molecule has 0 amide bonds. The van der Waals surface area contributed by atoms with Crippen molar-refractivity contribution < 1.29 is 13.2 Å². The second-order valence-corrected chi connectivity index (χ2v) is 9.16. The Balaban J connectivity index is 1.60. The summed E-state index contributed by atoms with van der Waals surface area (Å²) < 4.78 is 32.4. The molecule has 0 N–H and O–H groups in total. The molecule has 1 aliphatic carbocycles. The van der Waals surface area contributed by atoms with Crippen LogP contribution >= 0.6 is 11.3 Å². The monoisotopic (exact) mass is 365 g/mol. The van der Waals surface area contributed by atoms with Crippen LogP contribution in [0.4, 0.5) is 0 Å². The topological polar surface area (TPSA) is 46.6 Å². The van der Waals surface area contributed by atoms with Crippen LogP contribution in [-0.2, 0) is 22.9 Å². The first-order chi connectivity index (χ1) is 11.6. The van der Waals surface area contributed by atoms with Crippen molar-refractivity contribution in [2.45, 2.75) is 31.7 Å². The largest absolute Gasteiger partial charge is 0.497 e. The van der Waals surface area contributed by atoms with Crippen molar-refractivity contribution in [3.8, 4) is 5.75 Å². The van der Waals surface area contributed by atoms with E-state index in [0.717, 1.165) is 30.6 Å². The lowest BCUT2D eigenvalue weighted by molar-refractivity contribution is 0.408. The molecule has 24 heavy (non-hydrogen) atoms. The average Bonchev–Trinajstić information content (AvgIpc) is 3.28. The van der Waals surface area contributed by atoms with E-state index in [-0.39, 0.29) is 11.8 Å². The van der Waals surface area contributed by atoms with Gasteiger partial charge in [-0.15, -0.1) is 11.3 Å². The predicted molar refractivity (Wildman–Crippen MR) is 98.2 cm³/mol. The normalized spacial score (nSPS) is 14.9. The Bertz CT molecular complexity index is 735. The Morgan fingerprint density at radius 3 is 2.50 bits per heavy atom. The minimum Gasteiger partial charge on any atom is -0.497 e. The molecule has 0 radical (unpaired) electrons. The zero-order chi connectivity index (χ0) is 17.0. The van der Waals surface area contributed by atoms with Gasteiger partial charge in [0.05, 0.1) is 12.9 Å². The molecule has 1 saturated carbocycles. The molecule has 3 rings (SSSR count). The van der Waals surface area contributed by atoms with E-state index in [2.05, 4.69) is 6.07 Å². The molecule has 0 bridgehead atoms. The highest BCUT2D eigenvalue weighted by molar-refractivity contribution is 7.89. The Morgan fingerprint density at radius 1 is 1.17 bits per heavy atom. The van der Waals surface area contributed by atoms with Crippen molar-refractivity contribution in [2.75, 3.05) is 19.4 Å². The molecule has 0 saturated heterocycles. The fraction of sp³-hybridized carbons (Fsp3) is 0.444. The van der Waals surface area contributed by atoms with Crippen LogP contribution < -0.4 is 4.74 Å². The lowest BCUT2D eigenvalue weighted by Crippen LogP contribution is -2.37. The van der Waals surface area contributed by atoms with E-state index in [9.17, 15) is 8.42 Å². The number of ether oxygens (including phenoxy) is 1. The molecule has 1 aliphatic rings. The van der Waals surface area contributed by atoms with Gasteiger partial charge in [0.25, 0.3) is 0 Å². The minimum absolute atomic E-state index is 0.167. The standard InChI is InChI=1S/C18H23NO3S2/c1-22-17-8-4-15(5-9-17)11-14-24(20,21)19(16-6-7-16)12-10-18-3-2-13-23-18/h2-5,8-9,13,16H,6-7,10-12,14H2,1H3. The van der Waals surface area contributed by atoms with E-state index in [0.29, 0.717) is 13.0 Å². The minimum atomic E-state index is -3.22. The SMILES string of the molecule is COc1ccc(CCS(=O)(=O)N(CCc2cccs2)C2CC2)cc1. The Hall–Kier alpha value is -1.37. The maximum Gasteiger partial charge on any atom is 0.214 e. The number of rotatable bonds is 9. The third-order valence-electron chi connectivity index (χ3n) is 4.28. The summed E-state index contributed by atoms with van der Waals surface area (Å²) in [7, 11) is -1.59. The number of sulfonamides is 1. The van der Waals surface area contributed by atoms with Gasteiger partial charge in [-0.2, -0.15) is 4.31 Å². The van der Waals surface area contributed by atoms with E-state index in [1.165, 1.54) is 4.88 Å². The van der Waals surface area contributed by atoms with Crippen LogP contribution in [0.5, 0.6) is 5.75 Å². The van der Waals surface area contributed by atoms with Crippen molar-refractivity contribution in [1.29, 1.82) is 0 Å². The van der Waals surface area contributed by atoms with Gasteiger partial charge in [0, 0.05) is 17.5 Å². The van der Waals surface area contributed by atoms with Crippen LogP contribution in [0.25, 0.3) is 0 Å². The predicted octanol–water partition coefficient (Wildman–Crippen LogP) is 3.34. The zero-order valence-corrected chi connectivity index (χ0v) is 15.5. The molecule has 1 aromatic heterocycles. The van der Waals surface area contributed by atoms with Gasteiger partial charge in [0.2, 0.25) is 10.0 Å². The lowest BCUT2D eigenvalue weighted by atomic mass is 10.2. The number of nitrogens with zero attached hydrogens (tertiary/aromatic N) is 1. The Kier molecular flexibility index (Phi) is 5.58. The van der Waals surface area contributed by atoms with Crippen LogP contribution in [0.1, 0.15) is 23.3 Å². The summed E-state index contributed by atoms with van der Waals surface area (Å²) in [4.78, 5) is 1.24. The fourth-order valence-electron chi connectivity index (χ4n) is 2.74. The van der Waals surface area contributed by atoms with Gasteiger partial charge in [-0.3, -0.25) is 0 Å². The second-order valence-electron chi connectivity index (χ2n) is 6.09. The third-order valence-corrected chi connectivity index (χ3v) is 7.13. The van der Waals surface area contributed by atoms with Gasteiger partial charge in [-0.1, -0.05) is 18.2 Å². The van der Waals surface area contributed by atoms with Crippen molar-refractivity contribution in [1.82, 2.24) is 4.31 Å². The highest BCUT2D eigenvalue weighted by Crippen LogP contribution is 2.30.